The monoisotopic (exact) mass is 153 g/mol. The van der Waals surface area contributed by atoms with Gasteiger partial charge in [0.15, 0.2) is 5.76 Å². The number of nitrogens with zero attached hydrogens (tertiary/aromatic N) is 1. The van der Waals surface area contributed by atoms with Crippen molar-refractivity contribution in [3.05, 3.63) is 24.2 Å². The van der Waals surface area contributed by atoms with Crippen molar-refractivity contribution in [1.82, 2.24) is 0 Å². The van der Waals surface area contributed by atoms with Crippen molar-refractivity contribution in [3.63, 3.8) is 0 Å². The fourth-order valence-electron chi connectivity index (χ4n) is 0.953. The van der Waals surface area contributed by atoms with Crippen LogP contribution < -0.4 is 0 Å². The predicted molar refractivity (Wildman–Crippen MR) is 37.0 cm³/mol. The van der Waals surface area contributed by atoms with E-state index < -0.39 is 6.29 Å². The number of rotatable bonds is 1. The maximum absolute atomic E-state index is 8.92. The summed E-state index contributed by atoms with van der Waals surface area (Å²) in [5.41, 5.74) is 0.655. The second-order valence-corrected chi connectivity index (χ2v) is 2.28. The van der Waals surface area contributed by atoms with Gasteiger partial charge in [0.25, 0.3) is 0 Å². The van der Waals surface area contributed by atoms with Crippen molar-refractivity contribution < 1.29 is 14.4 Å². The van der Waals surface area contributed by atoms with E-state index in [4.69, 9.17) is 9.52 Å². The largest absolute Gasteiger partial charge is 0.463 e. The Morgan fingerprint density at radius 1 is 1.64 bits per heavy atom. The van der Waals surface area contributed by atoms with Crippen LogP contribution in [0.4, 0.5) is 0 Å². The highest BCUT2D eigenvalue weighted by molar-refractivity contribution is 5.98. The molecule has 4 heteroatoms. The summed E-state index contributed by atoms with van der Waals surface area (Å²) in [5.74, 6) is 0.654. The Kier molecular flexibility index (Phi) is 1.40. The van der Waals surface area contributed by atoms with E-state index in [0.717, 1.165) is 0 Å². The standard InChI is InChI=1S/C7H7NO3/c9-7-4-5(8-11-7)6-2-1-3-10-6/h1-3,7,9H,4H2. The summed E-state index contributed by atoms with van der Waals surface area (Å²) < 4.78 is 5.04. The molecule has 0 spiro atoms. The molecule has 0 saturated heterocycles. The third-order valence-electron chi connectivity index (χ3n) is 1.46. The summed E-state index contributed by atoms with van der Waals surface area (Å²) in [6, 6.07) is 3.54. The number of aliphatic hydroxyl groups excluding tert-OH is 1. The molecule has 1 aromatic rings. The van der Waals surface area contributed by atoms with Gasteiger partial charge in [0.05, 0.1) is 12.7 Å². The minimum Gasteiger partial charge on any atom is -0.463 e. The van der Waals surface area contributed by atoms with E-state index in [-0.39, 0.29) is 0 Å². The van der Waals surface area contributed by atoms with Crippen LogP contribution in [-0.2, 0) is 4.84 Å². The Labute approximate surface area is 63.1 Å². The van der Waals surface area contributed by atoms with Gasteiger partial charge >= 0.3 is 0 Å². The highest BCUT2D eigenvalue weighted by Crippen LogP contribution is 2.14. The molecule has 0 saturated carbocycles. The average molecular weight is 153 g/mol. The minimum absolute atomic E-state index is 0.396. The molecule has 0 bridgehead atoms. The fraction of sp³-hybridized carbons (Fsp3) is 0.286. The zero-order valence-electron chi connectivity index (χ0n) is 5.73. The first-order valence-electron chi connectivity index (χ1n) is 3.31. The zero-order chi connectivity index (χ0) is 7.68. The van der Waals surface area contributed by atoms with Crippen LogP contribution >= 0.6 is 0 Å². The van der Waals surface area contributed by atoms with Crippen molar-refractivity contribution in [1.29, 1.82) is 0 Å². The molecule has 1 aliphatic heterocycles. The van der Waals surface area contributed by atoms with Crippen molar-refractivity contribution in [2.45, 2.75) is 12.7 Å². The van der Waals surface area contributed by atoms with E-state index in [1.54, 1.807) is 18.4 Å². The van der Waals surface area contributed by atoms with Crippen LogP contribution in [0.15, 0.2) is 28.0 Å². The second kappa shape index (κ2) is 2.39. The first-order valence-corrected chi connectivity index (χ1v) is 3.31. The summed E-state index contributed by atoms with van der Waals surface area (Å²) in [4.78, 5) is 4.57. The maximum Gasteiger partial charge on any atom is 0.230 e. The molecule has 58 valence electrons. The van der Waals surface area contributed by atoms with Gasteiger partial charge in [0.2, 0.25) is 6.29 Å². The molecule has 11 heavy (non-hydrogen) atoms. The van der Waals surface area contributed by atoms with Crippen LogP contribution in [0.3, 0.4) is 0 Å². The van der Waals surface area contributed by atoms with Crippen LogP contribution in [0.25, 0.3) is 0 Å². The van der Waals surface area contributed by atoms with Gasteiger partial charge in [-0.3, -0.25) is 0 Å². The average Bonchev–Trinajstić information content (AvgIpc) is 2.55. The first-order chi connectivity index (χ1) is 5.36. The highest BCUT2D eigenvalue weighted by Gasteiger charge is 2.20. The normalized spacial score (nSPS) is 23.0. The molecule has 2 rings (SSSR count). The van der Waals surface area contributed by atoms with E-state index in [2.05, 4.69) is 9.99 Å². The van der Waals surface area contributed by atoms with Gasteiger partial charge in [-0.1, -0.05) is 5.16 Å². The van der Waals surface area contributed by atoms with Gasteiger partial charge in [0, 0.05) is 0 Å². The molecule has 0 amide bonds. The Balaban J connectivity index is 2.19. The molecule has 0 aliphatic carbocycles. The third-order valence-corrected chi connectivity index (χ3v) is 1.46. The van der Waals surface area contributed by atoms with E-state index in [0.29, 0.717) is 17.9 Å². The lowest BCUT2D eigenvalue weighted by Crippen LogP contribution is -2.05. The molecule has 0 radical (unpaired) electrons. The van der Waals surface area contributed by atoms with E-state index in [1.807, 2.05) is 0 Å². The number of hydrogen-bond acceptors (Lipinski definition) is 4. The van der Waals surface area contributed by atoms with Crippen molar-refractivity contribution in [2.75, 3.05) is 0 Å². The Hall–Kier alpha value is -1.29. The van der Waals surface area contributed by atoms with Crippen molar-refractivity contribution in [2.24, 2.45) is 5.16 Å². The molecule has 0 aromatic carbocycles. The number of aliphatic hydroxyl groups is 1. The summed E-state index contributed by atoms with van der Waals surface area (Å²) in [7, 11) is 0. The fourth-order valence-corrected chi connectivity index (χ4v) is 0.953. The van der Waals surface area contributed by atoms with Gasteiger partial charge in [-0.15, -0.1) is 0 Å². The molecule has 1 atom stereocenters. The Bertz CT molecular complexity index is 265. The Morgan fingerprint density at radius 3 is 3.09 bits per heavy atom. The highest BCUT2D eigenvalue weighted by atomic mass is 16.7. The second-order valence-electron chi connectivity index (χ2n) is 2.28. The smallest absolute Gasteiger partial charge is 0.230 e. The zero-order valence-corrected chi connectivity index (χ0v) is 5.73. The first kappa shape index (κ1) is 6.42. The van der Waals surface area contributed by atoms with E-state index >= 15 is 0 Å². The van der Waals surface area contributed by atoms with Gasteiger partial charge < -0.3 is 14.4 Å². The lowest BCUT2D eigenvalue weighted by atomic mass is 10.2. The van der Waals surface area contributed by atoms with Crippen LogP contribution in [-0.4, -0.2) is 17.1 Å². The predicted octanol–water partition coefficient (Wildman–Crippen LogP) is 0.722. The van der Waals surface area contributed by atoms with Crippen LogP contribution in [0, 0.1) is 0 Å². The van der Waals surface area contributed by atoms with Crippen molar-refractivity contribution >= 4 is 5.71 Å². The molecule has 1 N–H and O–H groups in total. The lowest BCUT2D eigenvalue weighted by molar-refractivity contribution is -0.0762. The van der Waals surface area contributed by atoms with Gasteiger partial charge in [-0.05, 0) is 12.1 Å². The van der Waals surface area contributed by atoms with Crippen LogP contribution in [0.1, 0.15) is 12.2 Å². The summed E-state index contributed by atoms with van der Waals surface area (Å²) in [5, 5.41) is 12.6. The molecule has 1 unspecified atom stereocenters. The topological polar surface area (TPSA) is 55.0 Å². The summed E-state index contributed by atoms with van der Waals surface area (Å²) in [6.07, 6.45) is 1.14. The van der Waals surface area contributed by atoms with Gasteiger partial charge in [0.1, 0.15) is 5.71 Å². The van der Waals surface area contributed by atoms with E-state index in [1.165, 1.54) is 0 Å². The molecule has 0 fully saturated rings. The van der Waals surface area contributed by atoms with Gasteiger partial charge in [-0.2, -0.15) is 0 Å². The van der Waals surface area contributed by atoms with Gasteiger partial charge in [-0.25, -0.2) is 0 Å². The van der Waals surface area contributed by atoms with Crippen molar-refractivity contribution in [3.8, 4) is 0 Å². The number of hydrogen-bond donors (Lipinski definition) is 1. The SMILES string of the molecule is OC1CC(c2ccco2)=NO1. The summed E-state index contributed by atoms with van der Waals surface area (Å²) >= 11 is 0. The maximum atomic E-state index is 8.92. The minimum atomic E-state index is -0.810. The van der Waals surface area contributed by atoms with E-state index in [9.17, 15) is 0 Å². The Morgan fingerprint density at radius 2 is 2.55 bits per heavy atom. The quantitative estimate of drug-likeness (QED) is 0.646. The molecular weight excluding hydrogens is 146 g/mol. The summed E-state index contributed by atoms with van der Waals surface area (Å²) in [6.45, 7) is 0. The molecule has 2 heterocycles. The molecule has 1 aliphatic rings. The molecule has 4 nitrogen and oxygen atoms in total. The number of oxime groups is 1. The lowest BCUT2D eigenvalue weighted by Gasteiger charge is -1.93. The third kappa shape index (κ3) is 1.12. The molecular formula is C7H7NO3. The molecule has 1 aromatic heterocycles. The van der Waals surface area contributed by atoms with Crippen LogP contribution in [0.5, 0.6) is 0 Å². The van der Waals surface area contributed by atoms with Crippen LogP contribution in [0.2, 0.25) is 0 Å². The number of furan rings is 1.